The Morgan fingerprint density at radius 3 is 2.69 bits per heavy atom. The van der Waals surface area contributed by atoms with Gasteiger partial charge in [0.25, 0.3) is 11.5 Å². The van der Waals surface area contributed by atoms with Gasteiger partial charge in [0, 0.05) is 22.9 Å². The third-order valence-corrected chi connectivity index (χ3v) is 5.88. The van der Waals surface area contributed by atoms with Crippen molar-refractivity contribution in [3.05, 3.63) is 100 Å². The summed E-state index contributed by atoms with van der Waals surface area (Å²) in [6.07, 6.45) is 1.74. The summed E-state index contributed by atoms with van der Waals surface area (Å²) in [4.78, 5) is 30.3. The number of pyridine rings is 1. The van der Waals surface area contributed by atoms with E-state index in [-0.39, 0.29) is 18.1 Å². The van der Waals surface area contributed by atoms with Crippen molar-refractivity contribution >= 4 is 29.0 Å². The summed E-state index contributed by atoms with van der Waals surface area (Å²) in [6, 6.07) is 20.4. The fourth-order valence-corrected chi connectivity index (χ4v) is 4.12. The van der Waals surface area contributed by atoms with Crippen LogP contribution in [0.3, 0.4) is 0 Å². The van der Waals surface area contributed by atoms with E-state index in [1.54, 1.807) is 12.3 Å². The Hall–Kier alpha value is -3.58. The van der Waals surface area contributed by atoms with Crippen molar-refractivity contribution in [3.63, 3.8) is 0 Å². The van der Waals surface area contributed by atoms with Gasteiger partial charge in [-0.1, -0.05) is 24.3 Å². The molecule has 6 nitrogen and oxygen atoms in total. The molecular formula is C25H23N3O3S. The Balaban J connectivity index is 1.43. The van der Waals surface area contributed by atoms with Gasteiger partial charge in [0.05, 0.1) is 11.4 Å². The summed E-state index contributed by atoms with van der Waals surface area (Å²) in [6.45, 7) is 3.86. The summed E-state index contributed by atoms with van der Waals surface area (Å²) >= 11 is 1.51. The summed E-state index contributed by atoms with van der Waals surface area (Å²) in [5.74, 6) is 0.927. The molecule has 0 saturated heterocycles. The zero-order valence-corrected chi connectivity index (χ0v) is 18.7. The second-order valence-corrected chi connectivity index (χ2v) is 8.47. The lowest BCUT2D eigenvalue weighted by atomic mass is 10.2. The van der Waals surface area contributed by atoms with E-state index in [0.717, 1.165) is 16.0 Å². The molecule has 32 heavy (non-hydrogen) atoms. The lowest BCUT2D eigenvalue weighted by Crippen LogP contribution is -2.20. The average molecular weight is 446 g/mol. The van der Waals surface area contributed by atoms with Crippen LogP contribution in [0.1, 0.15) is 16.8 Å². The highest BCUT2D eigenvalue weighted by Gasteiger charge is 2.10. The predicted octanol–water partition coefficient (Wildman–Crippen LogP) is 4.62. The van der Waals surface area contributed by atoms with Crippen LogP contribution in [0.25, 0.3) is 5.65 Å². The van der Waals surface area contributed by atoms with E-state index in [4.69, 9.17) is 4.74 Å². The van der Waals surface area contributed by atoms with Gasteiger partial charge in [0.2, 0.25) is 0 Å². The van der Waals surface area contributed by atoms with Gasteiger partial charge in [-0.3, -0.25) is 14.0 Å². The van der Waals surface area contributed by atoms with Gasteiger partial charge < -0.3 is 10.1 Å². The first kappa shape index (κ1) is 21.6. The Morgan fingerprint density at radius 1 is 1.03 bits per heavy atom. The van der Waals surface area contributed by atoms with Gasteiger partial charge in [-0.05, 0) is 61.4 Å². The quantitative estimate of drug-likeness (QED) is 0.420. The van der Waals surface area contributed by atoms with E-state index in [9.17, 15) is 9.59 Å². The fourth-order valence-electron chi connectivity index (χ4n) is 3.22. The molecule has 4 aromatic rings. The molecule has 0 atom stereocenters. The molecule has 162 valence electrons. The smallest absolute Gasteiger partial charge is 0.262 e. The highest BCUT2D eigenvalue weighted by molar-refractivity contribution is 7.98. The van der Waals surface area contributed by atoms with Crippen LogP contribution in [0, 0.1) is 13.8 Å². The number of carbonyl (C=O) groups is 1. The molecule has 2 aromatic heterocycles. The summed E-state index contributed by atoms with van der Waals surface area (Å²) in [5.41, 5.74) is 4.02. The molecule has 0 radical (unpaired) electrons. The number of ether oxygens (including phenoxy) is 1. The number of nitrogens with zero attached hydrogens (tertiary/aromatic N) is 2. The molecule has 0 saturated carbocycles. The van der Waals surface area contributed by atoms with Gasteiger partial charge in [-0.15, -0.1) is 11.8 Å². The Labute approximate surface area is 190 Å². The van der Waals surface area contributed by atoms with Crippen molar-refractivity contribution in [3.8, 4) is 5.75 Å². The third-order valence-electron chi connectivity index (χ3n) is 4.77. The van der Waals surface area contributed by atoms with Crippen LogP contribution in [0.15, 0.2) is 82.6 Å². The van der Waals surface area contributed by atoms with Gasteiger partial charge in [0.1, 0.15) is 11.4 Å². The second-order valence-electron chi connectivity index (χ2n) is 7.46. The van der Waals surface area contributed by atoms with Crippen molar-refractivity contribution in [2.24, 2.45) is 0 Å². The largest absolute Gasteiger partial charge is 0.484 e. The van der Waals surface area contributed by atoms with Crippen molar-refractivity contribution < 1.29 is 9.53 Å². The zero-order chi connectivity index (χ0) is 22.5. The standard InChI is InChI=1S/C25H23N3O3S/c1-17-6-5-7-20(12-17)31-15-24(29)27-21-8-3-4-9-22(21)32-16-19-14-25(30)28-11-10-18(2)13-23(28)26-19/h3-14H,15-16H2,1-2H3,(H,27,29). The second kappa shape index (κ2) is 9.70. The first-order valence-electron chi connectivity index (χ1n) is 10.2. The fraction of sp³-hybridized carbons (Fsp3) is 0.160. The van der Waals surface area contributed by atoms with Crippen molar-refractivity contribution in [2.45, 2.75) is 24.5 Å². The number of thioether (sulfide) groups is 1. The van der Waals surface area contributed by atoms with Crippen LogP contribution in [-0.4, -0.2) is 21.9 Å². The number of hydrogen-bond acceptors (Lipinski definition) is 5. The first-order valence-corrected chi connectivity index (χ1v) is 11.2. The van der Waals surface area contributed by atoms with Gasteiger partial charge >= 0.3 is 0 Å². The molecule has 1 amide bonds. The topological polar surface area (TPSA) is 72.7 Å². The van der Waals surface area contributed by atoms with Gasteiger partial charge in [-0.25, -0.2) is 4.98 Å². The van der Waals surface area contributed by atoms with Crippen LogP contribution in [-0.2, 0) is 10.5 Å². The summed E-state index contributed by atoms with van der Waals surface area (Å²) in [7, 11) is 0. The number of carbonyl (C=O) groups excluding carboxylic acids is 1. The minimum atomic E-state index is -0.239. The molecule has 0 aliphatic heterocycles. The van der Waals surface area contributed by atoms with Crippen LogP contribution >= 0.6 is 11.8 Å². The molecule has 2 heterocycles. The lowest BCUT2D eigenvalue weighted by Gasteiger charge is -2.12. The monoisotopic (exact) mass is 445 g/mol. The highest BCUT2D eigenvalue weighted by Crippen LogP contribution is 2.29. The third kappa shape index (κ3) is 5.36. The minimum absolute atomic E-state index is 0.0786. The highest BCUT2D eigenvalue weighted by atomic mass is 32.2. The number of hydrogen-bond donors (Lipinski definition) is 1. The predicted molar refractivity (Wildman–Crippen MR) is 128 cm³/mol. The van der Waals surface area contributed by atoms with E-state index in [1.165, 1.54) is 16.2 Å². The SMILES string of the molecule is Cc1cccc(OCC(=O)Nc2ccccc2SCc2cc(=O)n3ccc(C)cc3n2)c1. The number of para-hydroxylation sites is 1. The summed E-state index contributed by atoms with van der Waals surface area (Å²) in [5, 5.41) is 2.91. The van der Waals surface area contributed by atoms with E-state index >= 15 is 0 Å². The molecule has 0 aliphatic rings. The van der Waals surface area contributed by atoms with Crippen LogP contribution in [0.2, 0.25) is 0 Å². The normalized spacial score (nSPS) is 10.8. The number of amides is 1. The number of aryl methyl sites for hydroxylation is 2. The molecule has 0 fully saturated rings. The zero-order valence-electron chi connectivity index (χ0n) is 17.9. The van der Waals surface area contributed by atoms with Crippen LogP contribution < -0.4 is 15.6 Å². The van der Waals surface area contributed by atoms with Crippen LogP contribution in [0.4, 0.5) is 5.69 Å². The first-order chi connectivity index (χ1) is 15.5. The van der Waals surface area contributed by atoms with E-state index < -0.39 is 0 Å². The maximum absolute atomic E-state index is 12.4. The summed E-state index contributed by atoms with van der Waals surface area (Å²) < 4.78 is 7.12. The molecule has 0 aliphatic carbocycles. The average Bonchev–Trinajstić information content (AvgIpc) is 2.77. The number of benzene rings is 2. The van der Waals surface area contributed by atoms with Crippen molar-refractivity contribution in [1.82, 2.24) is 9.38 Å². The Morgan fingerprint density at radius 2 is 1.84 bits per heavy atom. The molecule has 1 N–H and O–H groups in total. The molecule has 0 bridgehead atoms. The van der Waals surface area contributed by atoms with E-state index in [0.29, 0.717) is 28.5 Å². The van der Waals surface area contributed by atoms with Crippen molar-refractivity contribution in [1.29, 1.82) is 0 Å². The molecule has 4 rings (SSSR count). The number of fused-ring (bicyclic) bond motifs is 1. The number of nitrogens with one attached hydrogen (secondary N) is 1. The Bertz CT molecular complexity index is 1330. The molecule has 7 heteroatoms. The Kier molecular flexibility index (Phi) is 6.56. The number of anilines is 1. The van der Waals surface area contributed by atoms with Crippen LogP contribution in [0.5, 0.6) is 5.75 Å². The molecule has 0 spiro atoms. The molecular weight excluding hydrogens is 422 g/mol. The maximum Gasteiger partial charge on any atom is 0.262 e. The maximum atomic E-state index is 12.4. The lowest BCUT2D eigenvalue weighted by molar-refractivity contribution is -0.118. The number of rotatable bonds is 7. The number of aromatic nitrogens is 2. The minimum Gasteiger partial charge on any atom is -0.484 e. The van der Waals surface area contributed by atoms with Gasteiger partial charge in [-0.2, -0.15) is 0 Å². The van der Waals surface area contributed by atoms with Crippen molar-refractivity contribution in [2.75, 3.05) is 11.9 Å². The van der Waals surface area contributed by atoms with Gasteiger partial charge in [0.15, 0.2) is 6.61 Å². The molecule has 2 aromatic carbocycles. The van der Waals surface area contributed by atoms with E-state index in [2.05, 4.69) is 10.3 Å². The van der Waals surface area contributed by atoms with E-state index in [1.807, 2.05) is 74.5 Å². The molecule has 0 unspecified atom stereocenters.